The second-order valence-corrected chi connectivity index (χ2v) is 4.93. The van der Waals surface area contributed by atoms with Crippen LogP contribution < -0.4 is 0 Å². The van der Waals surface area contributed by atoms with Crippen molar-refractivity contribution in [2.45, 2.75) is 25.6 Å². The third-order valence-corrected chi connectivity index (χ3v) is 4.37. The molecule has 0 bridgehead atoms. The molecule has 2 rings (SSSR count). The van der Waals surface area contributed by atoms with Gasteiger partial charge in [0.15, 0.2) is 0 Å². The van der Waals surface area contributed by atoms with E-state index in [1.807, 2.05) is 11.3 Å². The predicted octanol–water partition coefficient (Wildman–Crippen LogP) is 4.67. The maximum atomic E-state index is 3.55. The molecule has 2 aromatic rings. The highest BCUT2D eigenvalue weighted by Gasteiger charge is 2.08. The van der Waals surface area contributed by atoms with Gasteiger partial charge < -0.3 is 0 Å². The summed E-state index contributed by atoms with van der Waals surface area (Å²) in [6, 6.07) is 4.49. The quantitative estimate of drug-likeness (QED) is 0.695. The summed E-state index contributed by atoms with van der Waals surface area (Å²) in [5, 5.41) is 4.71. The molecule has 14 heavy (non-hydrogen) atoms. The molecule has 0 spiro atoms. The molecule has 0 radical (unpaired) electrons. The molecule has 0 nitrogen and oxygen atoms in total. The van der Waals surface area contributed by atoms with E-state index in [2.05, 4.69) is 47.3 Å². The van der Waals surface area contributed by atoms with Crippen molar-refractivity contribution >= 4 is 37.4 Å². The second kappa shape index (κ2) is 4.03. The molecular formula is C12H13BrS. The molecule has 0 atom stereocenters. The van der Waals surface area contributed by atoms with Gasteiger partial charge in [0.25, 0.3) is 0 Å². The van der Waals surface area contributed by atoms with Crippen molar-refractivity contribution in [3.05, 3.63) is 34.2 Å². The van der Waals surface area contributed by atoms with E-state index in [0.717, 1.165) is 11.8 Å². The molecule has 74 valence electrons. The molecule has 0 N–H and O–H groups in total. The van der Waals surface area contributed by atoms with Crippen molar-refractivity contribution in [2.24, 2.45) is 0 Å². The lowest BCUT2D eigenvalue weighted by molar-refractivity contribution is 1.15. The molecule has 0 aliphatic heterocycles. The number of thiophene rings is 1. The van der Waals surface area contributed by atoms with E-state index >= 15 is 0 Å². The fraction of sp³-hybridized carbons (Fsp3) is 0.333. The Morgan fingerprint density at radius 1 is 1.29 bits per heavy atom. The Hall–Kier alpha value is -0.340. The highest BCUT2D eigenvalue weighted by molar-refractivity contribution is 9.08. The van der Waals surface area contributed by atoms with E-state index in [1.54, 1.807) is 0 Å². The Bertz CT molecular complexity index is 457. The Kier molecular flexibility index (Phi) is 2.93. The van der Waals surface area contributed by atoms with Crippen LogP contribution in [-0.4, -0.2) is 0 Å². The van der Waals surface area contributed by atoms with E-state index < -0.39 is 0 Å². The highest BCUT2D eigenvalue weighted by Crippen LogP contribution is 2.33. The summed E-state index contributed by atoms with van der Waals surface area (Å²) in [5.74, 6) is 0. The number of alkyl halides is 1. The van der Waals surface area contributed by atoms with Gasteiger partial charge in [0, 0.05) is 10.0 Å². The molecule has 2 heteroatoms. The van der Waals surface area contributed by atoms with E-state index in [-0.39, 0.29) is 0 Å². The Morgan fingerprint density at radius 2 is 2.07 bits per heavy atom. The van der Waals surface area contributed by atoms with Crippen LogP contribution in [0.25, 0.3) is 10.1 Å². The van der Waals surface area contributed by atoms with Gasteiger partial charge in [-0.25, -0.2) is 0 Å². The van der Waals surface area contributed by atoms with Gasteiger partial charge in [-0.05, 0) is 40.8 Å². The summed E-state index contributed by atoms with van der Waals surface area (Å²) in [6.07, 6.45) is 1.12. The Labute approximate surface area is 97.1 Å². The van der Waals surface area contributed by atoms with Crippen molar-refractivity contribution < 1.29 is 0 Å². The van der Waals surface area contributed by atoms with Crippen molar-refractivity contribution in [1.29, 1.82) is 0 Å². The number of fused-ring (bicyclic) bond motifs is 1. The topological polar surface area (TPSA) is 0 Å². The number of benzene rings is 1. The van der Waals surface area contributed by atoms with Gasteiger partial charge in [0.2, 0.25) is 0 Å². The van der Waals surface area contributed by atoms with Gasteiger partial charge in [0.05, 0.1) is 0 Å². The molecule has 0 saturated carbocycles. The zero-order chi connectivity index (χ0) is 10.1. The lowest BCUT2D eigenvalue weighted by Crippen LogP contribution is -1.85. The minimum Gasteiger partial charge on any atom is -0.143 e. The minimum atomic E-state index is 0.962. The largest absolute Gasteiger partial charge is 0.143 e. The predicted molar refractivity (Wildman–Crippen MR) is 68.6 cm³/mol. The zero-order valence-corrected chi connectivity index (χ0v) is 10.8. The summed E-state index contributed by atoms with van der Waals surface area (Å²) in [5.41, 5.74) is 4.31. The number of aryl methyl sites for hydroxylation is 2. The number of halogens is 1. The van der Waals surface area contributed by atoms with Crippen LogP contribution in [0.15, 0.2) is 17.5 Å². The first-order valence-electron chi connectivity index (χ1n) is 4.82. The van der Waals surface area contributed by atoms with Gasteiger partial charge in [-0.1, -0.05) is 35.0 Å². The molecule has 0 unspecified atom stereocenters. The molecule has 0 fully saturated rings. The van der Waals surface area contributed by atoms with Crippen LogP contribution in [0.3, 0.4) is 0 Å². The minimum absolute atomic E-state index is 0.962. The maximum Gasteiger partial charge on any atom is 0.0377 e. The van der Waals surface area contributed by atoms with Crippen LogP contribution in [0.5, 0.6) is 0 Å². The second-order valence-electron chi connectivity index (χ2n) is 3.49. The van der Waals surface area contributed by atoms with E-state index in [9.17, 15) is 0 Å². The van der Waals surface area contributed by atoms with Crippen LogP contribution >= 0.6 is 27.3 Å². The lowest BCUT2D eigenvalue weighted by Gasteiger charge is -2.04. The Morgan fingerprint density at radius 3 is 2.71 bits per heavy atom. The molecule has 1 aromatic carbocycles. The molecular weight excluding hydrogens is 256 g/mol. The highest BCUT2D eigenvalue weighted by atomic mass is 79.9. The van der Waals surface area contributed by atoms with Crippen molar-refractivity contribution in [1.82, 2.24) is 0 Å². The van der Waals surface area contributed by atoms with Gasteiger partial charge in [-0.2, -0.15) is 0 Å². The number of hydrogen-bond donors (Lipinski definition) is 0. The smallest absolute Gasteiger partial charge is 0.0377 e. The summed E-state index contributed by atoms with van der Waals surface area (Å²) in [7, 11) is 0. The van der Waals surface area contributed by atoms with Crippen molar-refractivity contribution in [2.75, 3.05) is 0 Å². The molecule has 0 saturated heterocycles. The van der Waals surface area contributed by atoms with Crippen molar-refractivity contribution in [3.8, 4) is 0 Å². The fourth-order valence-corrected chi connectivity index (χ4v) is 3.57. The number of rotatable bonds is 2. The third-order valence-electron chi connectivity index (χ3n) is 2.61. The van der Waals surface area contributed by atoms with Crippen LogP contribution in [0.4, 0.5) is 0 Å². The lowest BCUT2D eigenvalue weighted by atomic mass is 10.0. The van der Waals surface area contributed by atoms with E-state index in [0.29, 0.717) is 0 Å². The van der Waals surface area contributed by atoms with Gasteiger partial charge >= 0.3 is 0 Å². The van der Waals surface area contributed by atoms with Crippen LogP contribution in [0.1, 0.15) is 23.6 Å². The molecule has 1 heterocycles. The standard InChI is InChI=1S/C12H13BrS/c1-3-9-5-4-8(2)12-11(9)10(6-13)7-14-12/h4-5,7H,3,6H2,1-2H3. The third kappa shape index (κ3) is 1.51. The normalized spacial score (nSPS) is 11.1. The van der Waals surface area contributed by atoms with Gasteiger partial charge in [-0.15, -0.1) is 11.3 Å². The zero-order valence-electron chi connectivity index (χ0n) is 8.43. The van der Waals surface area contributed by atoms with E-state index in [1.165, 1.54) is 26.8 Å². The first-order valence-corrected chi connectivity index (χ1v) is 6.82. The number of hydrogen-bond acceptors (Lipinski definition) is 1. The maximum absolute atomic E-state index is 3.55. The average Bonchev–Trinajstić information content (AvgIpc) is 2.63. The van der Waals surface area contributed by atoms with Crippen LogP contribution in [-0.2, 0) is 11.8 Å². The summed E-state index contributed by atoms with van der Waals surface area (Å²) in [4.78, 5) is 0. The molecule has 0 amide bonds. The SMILES string of the molecule is CCc1ccc(C)c2scc(CBr)c12. The fourth-order valence-electron chi connectivity index (χ4n) is 1.81. The summed E-state index contributed by atoms with van der Waals surface area (Å²) in [6.45, 7) is 4.41. The first-order chi connectivity index (χ1) is 6.77. The first kappa shape index (κ1) is 10.2. The average molecular weight is 269 g/mol. The Balaban J connectivity index is 2.82. The monoisotopic (exact) mass is 268 g/mol. The van der Waals surface area contributed by atoms with Gasteiger partial charge in [-0.3, -0.25) is 0 Å². The van der Waals surface area contributed by atoms with Gasteiger partial charge in [0.1, 0.15) is 0 Å². The molecule has 1 aromatic heterocycles. The molecule has 0 aliphatic carbocycles. The summed E-state index contributed by atoms with van der Waals surface area (Å²) >= 11 is 5.42. The van der Waals surface area contributed by atoms with Crippen LogP contribution in [0, 0.1) is 6.92 Å². The van der Waals surface area contributed by atoms with Crippen molar-refractivity contribution in [3.63, 3.8) is 0 Å². The summed E-state index contributed by atoms with van der Waals surface area (Å²) < 4.78 is 1.46. The van der Waals surface area contributed by atoms with E-state index in [4.69, 9.17) is 0 Å². The molecule has 0 aliphatic rings. The van der Waals surface area contributed by atoms with Crippen LogP contribution in [0.2, 0.25) is 0 Å².